The van der Waals surface area contributed by atoms with Crippen LogP contribution in [0, 0.1) is 0 Å². The van der Waals surface area contributed by atoms with Crippen molar-refractivity contribution in [2.45, 2.75) is 52.0 Å². The van der Waals surface area contributed by atoms with Gasteiger partial charge in [0.05, 0.1) is 0 Å². The second-order valence-corrected chi connectivity index (χ2v) is 4.91. The summed E-state index contributed by atoms with van der Waals surface area (Å²) in [5.41, 5.74) is 4.59. The van der Waals surface area contributed by atoms with Crippen molar-refractivity contribution < 1.29 is 0 Å². The molecule has 0 saturated heterocycles. The second kappa shape index (κ2) is 5.01. The molecular formula is C15H23N. The van der Waals surface area contributed by atoms with E-state index in [0.29, 0.717) is 6.04 Å². The average Bonchev–Trinajstić information content (AvgIpc) is 2.32. The minimum absolute atomic E-state index is 0.586. The number of fused-ring (bicyclic) bond motifs is 1. The Balaban J connectivity index is 2.36. The lowest BCUT2D eigenvalue weighted by molar-refractivity contribution is 0.441. The molecule has 0 radical (unpaired) electrons. The lowest BCUT2D eigenvalue weighted by Crippen LogP contribution is -2.26. The van der Waals surface area contributed by atoms with Gasteiger partial charge in [0.15, 0.2) is 0 Å². The molecule has 1 heteroatoms. The van der Waals surface area contributed by atoms with Crippen LogP contribution in [-0.4, -0.2) is 6.54 Å². The first-order valence-corrected chi connectivity index (χ1v) is 6.62. The van der Waals surface area contributed by atoms with E-state index in [1.54, 1.807) is 11.1 Å². The molecule has 2 rings (SSSR count). The lowest BCUT2D eigenvalue weighted by Gasteiger charge is -2.30. The van der Waals surface area contributed by atoms with Crippen LogP contribution in [0.4, 0.5) is 0 Å². The summed E-state index contributed by atoms with van der Waals surface area (Å²) in [7, 11) is 0. The Kier molecular flexibility index (Phi) is 3.65. The van der Waals surface area contributed by atoms with Gasteiger partial charge in [-0.3, -0.25) is 0 Å². The fraction of sp³-hybridized carbons (Fsp3) is 0.600. The number of rotatable bonds is 3. The van der Waals surface area contributed by atoms with Gasteiger partial charge in [-0.2, -0.15) is 0 Å². The first-order chi connectivity index (χ1) is 7.76. The van der Waals surface area contributed by atoms with Crippen molar-refractivity contribution in [1.82, 2.24) is 5.32 Å². The van der Waals surface area contributed by atoms with Crippen LogP contribution < -0.4 is 5.32 Å². The summed E-state index contributed by atoms with van der Waals surface area (Å²) in [6.45, 7) is 7.85. The van der Waals surface area contributed by atoms with E-state index in [2.05, 4.69) is 44.3 Å². The molecule has 0 aliphatic heterocycles. The van der Waals surface area contributed by atoms with Gasteiger partial charge < -0.3 is 5.32 Å². The molecule has 1 aromatic carbocycles. The molecule has 88 valence electrons. The van der Waals surface area contributed by atoms with E-state index in [1.807, 2.05) is 0 Å². The Bertz CT molecular complexity index is 356. The van der Waals surface area contributed by atoms with E-state index >= 15 is 0 Å². The molecule has 1 aromatic rings. The standard InChI is InChI=1S/C15H23N/c1-4-12-7-8-13-11(3)6-9-15(16-5-2)14(13)10-12/h7-8,10-11,15-16H,4-6,9H2,1-3H3. The number of aryl methyl sites for hydroxylation is 1. The zero-order valence-electron chi connectivity index (χ0n) is 10.7. The van der Waals surface area contributed by atoms with Gasteiger partial charge in [-0.25, -0.2) is 0 Å². The molecule has 0 saturated carbocycles. The molecular weight excluding hydrogens is 194 g/mol. The summed E-state index contributed by atoms with van der Waals surface area (Å²) in [5.74, 6) is 0.732. The van der Waals surface area contributed by atoms with E-state index < -0.39 is 0 Å². The van der Waals surface area contributed by atoms with Gasteiger partial charge >= 0.3 is 0 Å². The van der Waals surface area contributed by atoms with E-state index in [1.165, 1.54) is 18.4 Å². The predicted octanol–water partition coefficient (Wildman–Crippen LogP) is 3.80. The van der Waals surface area contributed by atoms with Crippen LogP contribution in [0.1, 0.15) is 62.3 Å². The van der Waals surface area contributed by atoms with Crippen molar-refractivity contribution in [3.8, 4) is 0 Å². The molecule has 0 aromatic heterocycles. The SMILES string of the molecule is CCNC1CCC(C)c2ccc(CC)cc21. The van der Waals surface area contributed by atoms with Crippen molar-refractivity contribution in [1.29, 1.82) is 0 Å². The van der Waals surface area contributed by atoms with E-state index in [0.717, 1.165) is 18.9 Å². The second-order valence-electron chi connectivity index (χ2n) is 4.91. The van der Waals surface area contributed by atoms with Gasteiger partial charge in [0, 0.05) is 6.04 Å². The highest BCUT2D eigenvalue weighted by Crippen LogP contribution is 2.37. The topological polar surface area (TPSA) is 12.0 Å². The Morgan fingerprint density at radius 3 is 2.69 bits per heavy atom. The summed E-state index contributed by atoms with van der Waals surface area (Å²) in [4.78, 5) is 0. The molecule has 16 heavy (non-hydrogen) atoms. The molecule has 1 aliphatic rings. The maximum atomic E-state index is 3.61. The largest absolute Gasteiger partial charge is 0.310 e. The Morgan fingerprint density at radius 1 is 1.19 bits per heavy atom. The third-order valence-corrected chi connectivity index (χ3v) is 3.80. The van der Waals surface area contributed by atoms with E-state index in [4.69, 9.17) is 0 Å². The summed E-state index contributed by atoms with van der Waals surface area (Å²) in [5, 5.41) is 3.61. The lowest BCUT2D eigenvalue weighted by atomic mass is 9.80. The molecule has 0 bridgehead atoms. The van der Waals surface area contributed by atoms with Crippen LogP contribution >= 0.6 is 0 Å². The van der Waals surface area contributed by atoms with Gasteiger partial charge in [0.2, 0.25) is 0 Å². The molecule has 0 heterocycles. The molecule has 2 unspecified atom stereocenters. The molecule has 0 amide bonds. The van der Waals surface area contributed by atoms with Crippen LogP contribution in [0.3, 0.4) is 0 Å². The minimum Gasteiger partial charge on any atom is -0.310 e. The van der Waals surface area contributed by atoms with Crippen LogP contribution in [0.15, 0.2) is 18.2 Å². The van der Waals surface area contributed by atoms with Crippen molar-refractivity contribution in [3.05, 3.63) is 34.9 Å². The quantitative estimate of drug-likeness (QED) is 0.812. The first kappa shape index (κ1) is 11.7. The van der Waals surface area contributed by atoms with Gasteiger partial charge in [-0.1, -0.05) is 39.0 Å². The minimum atomic E-state index is 0.586. The van der Waals surface area contributed by atoms with Crippen LogP contribution in [0.25, 0.3) is 0 Å². The first-order valence-electron chi connectivity index (χ1n) is 6.62. The Morgan fingerprint density at radius 2 is 2.00 bits per heavy atom. The van der Waals surface area contributed by atoms with E-state index in [9.17, 15) is 0 Å². The van der Waals surface area contributed by atoms with Crippen molar-refractivity contribution in [2.75, 3.05) is 6.54 Å². The fourth-order valence-electron chi connectivity index (χ4n) is 2.78. The monoisotopic (exact) mass is 217 g/mol. The summed E-state index contributed by atoms with van der Waals surface area (Å²) in [6, 6.07) is 7.65. The molecule has 1 N–H and O–H groups in total. The number of hydrogen-bond donors (Lipinski definition) is 1. The molecule has 1 aliphatic carbocycles. The zero-order valence-corrected chi connectivity index (χ0v) is 10.7. The molecule has 2 atom stereocenters. The molecule has 0 fully saturated rings. The number of benzene rings is 1. The van der Waals surface area contributed by atoms with Crippen molar-refractivity contribution in [3.63, 3.8) is 0 Å². The normalized spacial score (nSPS) is 24.2. The van der Waals surface area contributed by atoms with Crippen LogP contribution in [-0.2, 0) is 6.42 Å². The highest BCUT2D eigenvalue weighted by molar-refractivity contribution is 5.38. The Hall–Kier alpha value is -0.820. The zero-order chi connectivity index (χ0) is 11.5. The van der Waals surface area contributed by atoms with Gasteiger partial charge in [-0.05, 0) is 48.4 Å². The van der Waals surface area contributed by atoms with Crippen LogP contribution in [0.2, 0.25) is 0 Å². The van der Waals surface area contributed by atoms with Crippen LogP contribution in [0.5, 0.6) is 0 Å². The highest BCUT2D eigenvalue weighted by atomic mass is 14.9. The summed E-state index contributed by atoms with van der Waals surface area (Å²) in [6.07, 6.45) is 3.74. The highest BCUT2D eigenvalue weighted by Gasteiger charge is 2.23. The van der Waals surface area contributed by atoms with Crippen molar-refractivity contribution >= 4 is 0 Å². The smallest absolute Gasteiger partial charge is 0.0323 e. The average molecular weight is 217 g/mol. The maximum absolute atomic E-state index is 3.61. The maximum Gasteiger partial charge on any atom is 0.0323 e. The summed E-state index contributed by atoms with van der Waals surface area (Å²) < 4.78 is 0. The fourth-order valence-corrected chi connectivity index (χ4v) is 2.78. The van der Waals surface area contributed by atoms with Gasteiger partial charge in [0.25, 0.3) is 0 Å². The summed E-state index contributed by atoms with van der Waals surface area (Å²) >= 11 is 0. The molecule has 1 nitrogen and oxygen atoms in total. The van der Waals surface area contributed by atoms with Gasteiger partial charge in [0.1, 0.15) is 0 Å². The number of hydrogen-bond acceptors (Lipinski definition) is 1. The molecule has 0 spiro atoms. The third-order valence-electron chi connectivity index (χ3n) is 3.80. The predicted molar refractivity (Wildman–Crippen MR) is 69.9 cm³/mol. The van der Waals surface area contributed by atoms with E-state index in [-0.39, 0.29) is 0 Å². The van der Waals surface area contributed by atoms with Crippen molar-refractivity contribution in [2.24, 2.45) is 0 Å². The Labute approximate surface area is 99.3 Å². The third kappa shape index (κ3) is 2.15. The number of nitrogens with one attached hydrogen (secondary N) is 1. The van der Waals surface area contributed by atoms with Gasteiger partial charge in [-0.15, -0.1) is 0 Å².